The highest BCUT2D eigenvalue weighted by Gasteiger charge is 2.10. The summed E-state index contributed by atoms with van der Waals surface area (Å²) in [7, 11) is 0. The van der Waals surface area contributed by atoms with Crippen molar-refractivity contribution in [1.82, 2.24) is 20.2 Å². The highest BCUT2D eigenvalue weighted by Crippen LogP contribution is 2.12. The zero-order chi connectivity index (χ0) is 14.1. The predicted molar refractivity (Wildman–Crippen MR) is 90.1 cm³/mol. The molecule has 2 N–H and O–H groups in total. The smallest absolute Gasteiger partial charge is 0.319 e. The summed E-state index contributed by atoms with van der Waals surface area (Å²) in [5, 5.41) is 6.18. The Kier molecular flexibility index (Phi) is 10.8. The van der Waals surface area contributed by atoms with Crippen LogP contribution in [0.1, 0.15) is 19.3 Å². The lowest BCUT2D eigenvalue weighted by Crippen LogP contribution is -2.38. The van der Waals surface area contributed by atoms with Crippen molar-refractivity contribution in [2.75, 3.05) is 25.1 Å². The molecule has 0 amide bonds. The van der Waals surface area contributed by atoms with Crippen LogP contribution in [0, 0.1) is 0 Å². The number of nitrogens with one attached hydrogen (secondary N) is 2. The Bertz CT molecular complexity index is 400. The zero-order valence-corrected chi connectivity index (χ0v) is 14.6. The van der Waals surface area contributed by atoms with Gasteiger partial charge in [-0.05, 0) is 13.2 Å². The van der Waals surface area contributed by atoms with Gasteiger partial charge in [0.25, 0.3) is 0 Å². The number of hydrogen-bond acceptors (Lipinski definition) is 3. The number of guanidine groups is 1. The van der Waals surface area contributed by atoms with Gasteiger partial charge in [0, 0.05) is 31.2 Å². The van der Waals surface area contributed by atoms with Crippen LogP contribution in [0.3, 0.4) is 0 Å². The minimum absolute atomic E-state index is 0. The normalized spacial score (nSPS) is 11.3. The quantitative estimate of drug-likeness (QED) is 0.308. The molecule has 1 aromatic rings. The van der Waals surface area contributed by atoms with Crippen molar-refractivity contribution in [3.63, 3.8) is 0 Å². The van der Waals surface area contributed by atoms with Crippen molar-refractivity contribution in [1.29, 1.82) is 0 Å². The van der Waals surface area contributed by atoms with Crippen molar-refractivity contribution in [3.8, 4) is 0 Å². The van der Waals surface area contributed by atoms with E-state index in [1.165, 1.54) is 12.4 Å². The molecule has 0 bridgehead atoms. The van der Waals surface area contributed by atoms with E-state index in [-0.39, 0.29) is 36.3 Å². The van der Waals surface area contributed by atoms with Crippen LogP contribution in [-0.2, 0) is 6.54 Å². The molecule has 20 heavy (non-hydrogen) atoms. The Morgan fingerprint density at radius 3 is 2.85 bits per heavy atom. The Labute approximate surface area is 139 Å². The molecule has 0 aliphatic carbocycles. The van der Waals surface area contributed by atoms with Gasteiger partial charge in [0.15, 0.2) is 5.96 Å². The molecular weight excluding hydrogens is 399 g/mol. The lowest BCUT2D eigenvalue weighted by Gasteiger charge is -2.11. The summed E-state index contributed by atoms with van der Waals surface area (Å²) in [5.41, 5.74) is 0. The minimum Gasteiger partial charge on any atom is -0.357 e. The molecule has 116 valence electrons. The first-order chi connectivity index (χ1) is 9.19. The number of hydrogen-bond donors (Lipinski definition) is 2. The van der Waals surface area contributed by atoms with Gasteiger partial charge in [-0.3, -0.25) is 4.57 Å². The number of alkyl halides is 2. The standard InChI is InChI=1S/C11H19F2N5S.HI/c1-3-14-11(16-5-7-19-2)17-8-9-15-4-6-18(9)10(12)13;/h4,6,10H,3,5,7-8H2,1-2H3,(H2,14,16,17);1H. The van der Waals surface area contributed by atoms with Gasteiger partial charge in [0.05, 0.1) is 0 Å². The SMILES string of the molecule is CCNC(=NCc1nccn1C(F)F)NCCSC.I. The van der Waals surface area contributed by atoms with Crippen molar-refractivity contribution in [3.05, 3.63) is 18.2 Å². The van der Waals surface area contributed by atoms with E-state index in [1.807, 2.05) is 13.2 Å². The second-order valence-electron chi connectivity index (χ2n) is 3.64. The van der Waals surface area contributed by atoms with E-state index in [9.17, 15) is 8.78 Å². The van der Waals surface area contributed by atoms with Gasteiger partial charge in [0.1, 0.15) is 12.4 Å². The van der Waals surface area contributed by atoms with E-state index in [0.29, 0.717) is 12.5 Å². The lowest BCUT2D eigenvalue weighted by molar-refractivity contribution is 0.0671. The maximum atomic E-state index is 12.6. The highest BCUT2D eigenvalue weighted by molar-refractivity contribution is 14.0. The van der Waals surface area contributed by atoms with Crippen molar-refractivity contribution >= 4 is 41.7 Å². The van der Waals surface area contributed by atoms with E-state index in [1.54, 1.807) is 11.8 Å². The van der Waals surface area contributed by atoms with Crippen LogP contribution in [0.2, 0.25) is 0 Å². The average molecular weight is 419 g/mol. The molecule has 0 fully saturated rings. The maximum Gasteiger partial charge on any atom is 0.319 e. The molecule has 0 atom stereocenters. The molecule has 1 heterocycles. The molecular formula is C11H20F2IN5S. The fraction of sp³-hybridized carbons (Fsp3) is 0.636. The number of aromatic nitrogens is 2. The molecule has 0 aromatic carbocycles. The molecule has 1 rings (SSSR count). The van der Waals surface area contributed by atoms with Gasteiger partial charge in [-0.15, -0.1) is 24.0 Å². The first kappa shape index (κ1) is 19.4. The second-order valence-corrected chi connectivity index (χ2v) is 4.63. The Morgan fingerprint density at radius 1 is 1.50 bits per heavy atom. The highest BCUT2D eigenvalue weighted by atomic mass is 127. The van der Waals surface area contributed by atoms with E-state index >= 15 is 0 Å². The Morgan fingerprint density at radius 2 is 2.25 bits per heavy atom. The van der Waals surface area contributed by atoms with Gasteiger partial charge < -0.3 is 10.6 Å². The average Bonchev–Trinajstić information content (AvgIpc) is 2.84. The van der Waals surface area contributed by atoms with E-state index in [0.717, 1.165) is 16.9 Å². The summed E-state index contributed by atoms with van der Waals surface area (Å²) in [6.07, 6.45) is 4.62. The summed E-state index contributed by atoms with van der Waals surface area (Å²) < 4.78 is 26.1. The summed E-state index contributed by atoms with van der Waals surface area (Å²) in [6.45, 7) is 0.974. The zero-order valence-electron chi connectivity index (χ0n) is 11.5. The topological polar surface area (TPSA) is 54.2 Å². The van der Waals surface area contributed by atoms with E-state index in [4.69, 9.17) is 0 Å². The van der Waals surface area contributed by atoms with Gasteiger partial charge in [-0.1, -0.05) is 0 Å². The number of rotatable bonds is 7. The summed E-state index contributed by atoms with van der Waals surface area (Å²) in [5.74, 6) is 1.81. The largest absolute Gasteiger partial charge is 0.357 e. The molecule has 0 saturated carbocycles. The van der Waals surface area contributed by atoms with E-state index < -0.39 is 6.55 Å². The second kappa shape index (κ2) is 11.1. The van der Waals surface area contributed by atoms with Crippen molar-refractivity contribution in [2.24, 2.45) is 4.99 Å². The summed E-state index contributed by atoms with van der Waals surface area (Å²) in [4.78, 5) is 8.12. The molecule has 0 saturated heterocycles. The molecule has 1 aromatic heterocycles. The van der Waals surface area contributed by atoms with Crippen LogP contribution in [0.5, 0.6) is 0 Å². The molecule has 0 spiro atoms. The third-order valence-corrected chi connectivity index (χ3v) is 2.89. The van der Waals surface area contributed by atoms with Crippen LogP contribution >= 0.6 is 35.7 Å². The minimum atomic E-state index is -2.58. The van der Waals surface area contributed by atoms with Crippen LogP contribution in [0.15, 0.2) is 17.4 Å². The number of nitrogens with zero attached hydrogens (tertiary/aromatic N) is 3. The third kappa shape index (κ3) is 6.73. The summed E-state index contributed by atoms with van der Waals surface area (Å²) in [6, 6.07) is 0. The molecule has 9 heteroatoms. The van der Waals surface area contributed by atoms with Crippen LogP contribution in [0.25, 0.3) is 0 Å². The monoisotopic (exact) mass is 419 g/mol. The maximum absolute atomic E-state index is 12.6. The number of imidazole rings is 1. The third-order valence-electron chi connectivity index (χ3n) is 2.28. The molecule has 5 nitrogen and oxygen atoms in total. The molecule has 0 aliphatic heterocycles. The van der Waals surface area contributed by atoms with Gasteiger partial charge in [-0.2, -0.15) is 20.5 Å². The molecule has 0 radical (unpaired) electrons. The van der Waals surface area contributed by atoms with Crippen molar-refractivity contribution < 1.29 is 8.78 Å². The molecule has 0 unspecified atom stereocenters. The predicted octanol–water partition coefficient (Wildman–Crippen LogP) is 2.31. The van der Waals surface area contributed by atoms with E-state index in [2.05, 4.69) is 20.6 Å². The number of halogens is 3. The fourth-order valence-corrected chi connectivity index (χ4v) is 1.71. The van der Waals surface area contributed by atoms with Gasteiger partial charge in [-0.25, -0.2) is 9.98 Å². The Balaban J connectivity index is 0.00000361. The Hall–Kier alpha value is -0.580. The first-order valence-electron chi connectivity index (χ1n) is 6.00. The van der Waals surface area contributed by atoms with Crippen LogP contribution in [-0.4, -0.2) is 40.6 Å². The van der Waals surface area contributed by atoms with Crippen molar-refractivity contribution in [2.45, 2.75) is 20.0 Å². The summed E-state index contributed by atoms with van der Waals surface area (Å²) >= 11 is 1.72. The number of aliphatic imine (C=N–C) groups is 1. The molecule has 0 aliphatic rings. The number of thioether (sulfide) groups is 1. The fourth-order valence-electron chi connectivity index (χ4n) is 1.41. The first-order valence-corrected chi connectivity index (χ1v) is 7.39. The van der Waals surface area contributed by atoms with Gasteiger partial charge in [0.2, 0.25) is 0 Å². The van der Waals surface area contributed by atoms with Crippen LogP contribution < -0.4 is 10.6 Å². The van der Waals surface area contributed by atoms with Gasteiger partial charge >= 0.3 is 6.55 Å². The van der Waals surface area contributed by atoms with Crippen LogP contribution in [0.4, 0.5) is 8.78 Å². The lowest BCUT2D eigenvalue weighted by atomic mass is 10.6.